The number of aromatic nitrogens is 4. The number of hydrogen-bond donors (Lipinski definition) is 1. The number of nitrogens with zero attached hydrogens (tertiary/aromatic N) is 4. The van der Waals surface area contributed by atoms with Gasteiger partial charge in [-0.2, -0.15) is 4.98 Å². The van der Waals surface area contributed by atoms with Crippen molar-refractivity contribution in [1.29, 1.82) is 0 Å². The van der Waals surface area contributed by atoms with Crippen molar-refractivity contribution < 1.29 is 4.74 Å². The van der Waals surface area contributed by atoms with E-state index in [1.807, 2.05) is 4.57 Å². The number of methoxy groups -OCH3 is 1. The average Bonchev–Trinajstić information content (AvgIpc) is 2.95. The molecule has 2 unspecified atom stereocenters. The van der Waals surface area contributed by atoms with Crippen LogP contribution in [0.3, 0.4) is 0 Å². The first-order valence-corrected chi connectivity index (χ1v) is 6.71. The molecular formula is C13H19N5O. The number of nitrogen functional groups attached to an aromatic ring is 1. The summed E-state index contributed by atoms with van der Waals surface area (Å²) in [6.45, 7) is 3.19. The normalized spacial score (nSPS) is 23.1. The van der Waals surface area contributed by atoms with Crippen LogP contribution in [0.1, 0.15) is 26.2 Å². The molecule has 2 aromatic heterocycles. The molecule has 2 N–H and O–H groups in total. The monoisotopic (exact) mass is 261 g/mol. The van der Waals surface area contributed by atoms with Gasteiger partial charge in [-0.15, -0.1) is 0 Å². The fourth-order valence-electron chi connectivity index (χ4n) is 2.99. The highest BCUT2D eigenvalue weighted by Crippen LogP contribution is 2.34. The van der Waals surface area contributed by atoms with Crippen molar-refractivity contribution >= 4 is 17.1 Å². The Labute approximate surface area is 112 Å². The zero-order valence-corrected chi connectivity index (χ0v) is 11.3. The molecule has 1 aliphatic carbocycles. The van der Waals surface area contributed by atoms with Crippen LogP contribution in [-0.4, -0.2) is 26.6 Å². The molecule has 19 heavy (non-hydrogen) atoms. The highest BCUT2D eigenvalue weighted by atomic mass is 16.5. The van der Waals surface area contributed by atoms with E-state index in [0.29, 0.717) is 23.3 Å². The minimum atomic E-state index is 0.481. The predicted octanol–water partition coefficient (Wildman–Crippen LogP) is 1.85. The first kappa shape index (κ1) is 12.2. The zero-order chi connectivity index (χ0) is 13.4. The summed E-state index contributed by atoms with van der Waals surface area (Å²) in [5.74, 6) is 2.36. The summed E-state index contributed by atoms with van der Waals surface area (Å²) in [6, 6.07) is 0. The molecule has 6 nitrogen and oxygen atoms in total. The first-order valence-electron chi connectivity index (χ1n) is 6.71. The molecule has 0 aromatic carbocycles. The number of hydrogen-bond acceptors (Lipinski definition) is 5. The van der Waals surface area contributed by atoms with Crippen LogP contribution in [-0.2, 0) is 6.54 Å². The number of imidazole rings is 1. The molecule has 0 spiro atoms. The summed E-state index contributed by atoms with van der Waals surface area (Å²) in [4.78, 5) is 12.7. The van der Waals surface area contributed by atoms with Gasteiger partial charge in [-0.25, -0.2) is 9.97 Å². The van der Waals surface area contributed by atoms with Gasteiger partial charge in [0.2, 0.25) is 11.8 Å². The molecular weight excluding hydrogens is 242 g/mol. The quantitative estimate of drug-likeness (QED) is 0.912. The summed E-state index contributed by atoms with van der Waals surface area (Å²) in [6.07, 6.45) is 5.35. The lowest BCUT2D eigenvalue weighted by atomic mass is 9.98. The molecule has 2 heterocycles. The van der Waals surface area contributed by atoms with Gasteiger partial charge in [0.05, 0.1) is 7.11 Å². The highest BCUT2D eigenvalue weighted by molar-refractivity contribution is 5.78. The van der Waals surface area contributed by atoms with Gasteiger partial charge in [0.15, 0.2) is 11.2 Å². The van der Waals surface area contributed by atoms with Gasteiger partial charge in [-0.3, -0.25) is 4.57 Å². The maximum absolute atomic E-state index is 6.03. The fourth-order valence-corrected chi connectivity index (χ4v) is 2.99. The average molecular weight is 261 g/mol. The summed E-state index contributed by atoms with van der Waals surface area (Å²) < 4.78 is 7.20. The highest BCUT2D eigenvalue weighted by Gasteiger charge is 2.25. The van der Waals surface area contributed by atoms with E-state index in [4.69, 9.17) is 10.5 Å². The molecule has 0 amide bonds. The van der Waals surface area contributed by atoms with Crippen molar-refractivity contribution in [3.05, 3.63) is 6.33 Å². The molecule has 0 saturated heterocycles. The minimum Gasteiger partial charge on any atom is -0.479 e. The van der Waals surface area contributed by atoms with Gasteiger partial charge in [0, 0.05) is 6.54 Å². The Morgan fingerprint density at radius 2 is 2.26 bits per heavy atom. The Bertz CT molecular complexity index is 594. The summed E-state index contributed by atoms with van der Waals surface area (Å²) in [5.41, 5.74) is 7.44. The van der Waals surface area contributed by atoms with Crippen LogP contribution in [0.5, 0.6) is 5.88 Å². The molecule has 6 heteroatoms. The van der Waals surface area contributed by atoms with E-state index in [9.17, 15) is 0 Å². The third kappa shape index (κ3) is 2.01. The molecule has 2 aromatic rings. The van der Waals surface area contributed by atoms with Crippen LogP contribution in [0.2, 0.25) is 0 Å². The second-order valence-corrected chi connectivity index (χ2v) is 5.30. The Morgan fingerprint density at radius 1 is 1.42 bits per heavy atom. The van der Waals surface area contributed by atoms with Crippen molar-refractivity contribution in [3.63, 3.8) is 0 Å². The predicted molar refractivity (Wildman–Crippen MR) is 72.8 cm³/mol. The molecule has 0 bridgehead atoms. The van der Waals surface area contributed by atoms with Crippen LogP contribution < -0.4 is 10.5 Å². The van der Waals surface area contributed by atoms with Gasteiger partial charge in [0.25, 0.3) is 0 Å². The van der Waals surface area contributed by atoms with E-state index in [1.54, 1.807) is 7.11 Å². The Kier molecular flexibility index (Phi) is 3.00. The summed E-state index contributed by atoms with van der Waals surface area (Å²) in [7, 11) is 1.58. The summed E-state index contributed by atoms with van der Waals surface area (Å²) in [5, 5.41) is 0. The van der Waals surface area contributed by atoms with Gasteiger partial charge in [-0.1, -0.05) is 19.8 Å². The third-order valence-corrected chi connectivity index (χ3v) is 4.18. The lowest BCUT2D eigenvalue weighted by molar-refractivity contribution is 0.369. The summed E-state index contributed by atoms with van der Waals surface area (Å²) >= 11 is 0. The zero-order valence-electron chi connectivity index (χ0n) is 11.3. The molecule has 1 fully saturated rings. The van der Waals surface area contributed by atoms with Crippen LogP contribution in [0.25, 0.3) is 11.2 Å². The van der Waals surface area contributed by atoms with Crippen molar-refractivity contribution in [2.75, 3.05) is 12.8 Å². The molecule has 1 aliphatic rings. The minimum absolute atomic E-state index is 0.481. The number of ether oxygens (including phenoxy) is 1. The van der Waals surface area contributed by atoms with Crippen LogP contribution in [0.15, 0.2) is 6.33 Å². The van der Waals surface area contributed by atoms with Crippen LogP contribution in [0, 0.1) is 11.8 Å². The van der Waals surface area contributed by atoms with Crippen LogP contribution in [0.4, 0.5) is 5.95 Å². The number of rotatable bonds is 3. The van der Waals surface area contributed by atoms with Gasteiger partial charge in [-0.05, 0) is 18.3 Å². The van der Waals surface area contributed by atoms with E-state index in [-0.39, 0.29) is 0 Å². The molecule has 102 valence electrons. The molecule has 0 radical (unpaired) electrons. The van der Waals surface area contributed by atoms with Crippen molar-refractivity contribution in [2.24, 2.45) is 11.8 Å². The molecule has 2 atom stereocenters. The molecule has 1 saturated carbocycles. The number of anilines is 1. The van der Waals surface area contributed by atoms with Gasteiger partial charge >= 0.3 is 0 Å². The van der Waals surface area contributed by atoms with Crippen molar-refractivity contribution in [3.8, 4) is 5.88 Å². The van der Waals surface area contributed by atoms with E-state index >= 15 is 0 Å². The van der Waals surface area contributed by atoms with E-state index < -0.39 is 0 Å². The standard InChI is InChI=1S/C13H19N5O/c1-8-4-3-5-9(8)6-18-11-10(17-13(18)14)12(19-2)16-7-15-11/h7-9H,3-6H2,1-2H3,(H2,14,17). The van der Waals surface area contributed by atoms with Crippen LogP contribution >= 0.6 is 0 Å². The largest absolute Gasteiger partial charge is 0.479 e. The van der Waals surface area contributed by atoms with E-state index in [0.717, 1.165) is 18.1 Å². The number of fused-ring (bicyclic) bond motifs is 1. The Morgan fingerprint density at radius 3 is 2.95 bits per heavy atom. The van der Waals surface area contributed by atoms with E-state index in [2.05, 4.69) is 21.9 Å². The Balaban J connectivity index is 2.01. The topological polar surface area (TPSA) is 78.8 Å². The Hall–Kier alpha value is -1.85. The first-order chi connectivity index (χ1) is 9.20. The molecule has 0 aliphatic heterocycles. The fraction of sp³-hybridized carbons (Fsp3) is 0.615. The van der Waals surface area contributed by atoms with Gasteiger partial charge < -0.3 is 10.5 Å². The van der Waals surface area contributed by atoms with Crippen molar-refractivity contribution in [1.82, 2.24) is 19.5 Å². The second kappa shape index (κ2) is 4.68. The second-order valence-electron chi connectivity index (χ2n) is 5.30. The maximum atomic E-state index is 6.03. The van der Waals surface area contributed by atoms with Gasteiger partial charge in [0.1, 0.15) is 6.33 Å². The molecule has 3 rings (SSSR count). The van der Waals surface area contributed by atoms with E-state index in [1.165, 1.54) is 25.6 Å². The lowest BCUT2D eigenvalue weighted by Crippen LogP contribution is -2.15. The van der Waals surface area contributed by atoms with Crippen molar-refractivity contribution in [2.45, 2.75) is 32.7 Å². The number of nitrogens with two attached hydrogens (primary N) is 1. The smallest absolute Gasteiger partial charge is 0.245 e. The maximum Gasteiger partial charge on any atom is 0.245 e. The lowest BCUT2D eigenvalue weighted by Gasteiger charge is -2.16. The third-order valence-electron chi connectivity index (χ3n) is 4.18. The SMILES string of the molecule is COc1ncnc2c1nc(N)n2CC1CCCC1C.